The Balaban J connectivity index is 1.28. The van der Waals surface area contributed by atoms with Crippen LogP contribution in [0.3, 0.4) is 0 Å². The van der Waals surface area contributed by atoms with Crippen molar-refractivity contribution in [2.45, 2.75) is 63.7 Å². The lowest BCUT2D eigenvalue weighted by Gasteiger charge is -2.54. The number of nitrogens with zero attached hydrogens (tertiary/aromatic N) is 2. The third-order valence-electron chi connectivity index (χ3n) is 11.8. The largest absolute Gasteiger partial charge is 0.462 e. The zero-order valence-electron chi connectivity index (χ0n) is 35.4. The van der Waals surface area contributed by atoms with Gasteiger partial charge in [-0.25, -0.2) is 9.59 Å². The predicted octanol–water partition coefficient (Wildman–Crippen LogP) is 10.6. The standard InChI is InChI=1S/C52H54N2O4Si2/c1-7-57-51(55)43-27-23-41(24-28-43)49-47(39-19-15-37(16-20-39)31-35-59(3,4)45-13-9-11-33-53-45)48(50(49)42-25-29-44(30-26-42)52(56)58-8-2)40-21-17-38(18-22-40)32-36-60(5,6)46-14-10-12-34-54-46/h9-36,47-50H,7-8H2,1-6H3/b35-31+,36-32+. The van der Waals surface area contributed by atoms with Crippen LogP contribution >= 0.6 is 0 Å². The first kappa shape index (κ1) is 42.2. The summed E-state index contributed by atoms with van der Waals surface area (Å²) in [6, 6.07) is 46.3. The van der Waals surface area contributed by atoms with Crippen LogP contribution in [-0.2, 0) is 9.47 Å². The van der Waals surface area contributed by atoms with Gasteiger partial charge < -0.3 is 9.47 Å². The van der Waals surface area contributed by atoms with E-state index in [9.17, 15) is 9.59 Å². The van der Waals surface area contributed by atoms with Gasteiger partial charge in [0.1, 0.15) is 16.1 Å². The minimum atomic E-state index is -1.88. The first-order valence-electron chi connectivity index (χ1n) is 20.9. The Morgan fingerprint density at radius 2 is 0.800 bits per heavy atom. The number of benzene rings is 4. The summed E-state index contributed by atoms with van der Waals surface area (Å²) < 4.78 is 10.7. The molecule has 4 unspecified atom stereocenters. The zero-order chi connectivity index (χ0) is 42.3. The molecule has 2 heterocycles. The first-order valence-corrected chi connectivity index (χ1v) is 27.1. The molecular weight excluding hydrogens is 773 g/mol. The van der Waals surface area contributed by atoms with E-state index in [4.69, 9.17) is 9.47 Å². The average molecular weight is 827 g/mol. The lowest BCUT2D eigenvalue weighted by atomic mass is 9.49. The summed E-state index contributed by atoms with van der Waals surface area (Å²) in [5.41, 5.74) is 12.9. The van der Waals surface area contributed by atoms with Crippen molar-refractivity contribution in [3.05, 3.63) is 202 Å². The van der Waals surface area contributed by atoms with Gasteiger partial charge in [0.25, 0.3) is 0 Å². The lowest BCUT2D eigenvalue weighted by Crippen LogP contribution is -2.41. The van der Waals surface area contributed by atoms with Gasteiger partial charge in [-0.3, -0.25) is 9.97 Å². The number of pyridine rings is 2. The van der Waals surface area contributed by atoms with Crippen LogP contribution in [0.4, 0.5) is 0 Å². The Morgan fingerprint density at radius 3 is 1.08 bits per heavy atom. The number of ether oxygens (including phenoxy) is 2. The Bertz CT molecular complexity index is 2260. The minimum Gasteiger partial charge on any atom is -0.462 e. The van der Waals surface area contributed by atoms with Gasteiger partial charge in [-0.15, -0.1) is 0 Å². The van der Waals surface area contributed by atoms with Crippen molar-refractivity contribution in [3.8, 4) is 0 Å². The summed E-state index contributed by atoms with van der Waals surface area (Å²) in [7, 11) is -3.77. The van der Waals surface area contributed by atoms with Gasteiger partial charge in [-0.1, -0.05) is 135 Å². The van der Waals surface area contributed by atoms with Crippen molar-refractivity contribution < 1.29 is 19.1 Å². The zero-order valence-corrected chi connectivity index (χ0v) is 37.4. The summed E-state index contributed by atoms with van der Waals surface area (Å²) in [5.74, 6) is -0.222. The number of aromatic nitrogens is 2. The van der Waals surface area contributed by atoms with Crippen LogP contribution in [0, 0.1) is 0 Å². The van der Waals surface area contributed by atoms with Crippen LogP contribution in [0.5, 0.6) is 0 Å². The van der Waals surface area contributed by atoms with Crippen LogP contribution in [0.1, 0.15) is 91.6 Å². The molecule has 0 bridgehead atoms. The van der Waals surface area contributed by atoms with E-state index in [2.05, 4.69) is 157 Å². The summed E-state index contributed by atoms with van der Waals surface area (Å²) in [4.78, 5) is 34.8. The highest BCUT2D eigenvalue weighted by Gasteiger charge is 2.52. The molecule has 6 aromatic rings. The monoisotopic (exact) mass is 826 g/mol. The van der Waals surface area contributed by atoms with Crippen molar-refractivity contribution in [2.75, 3.05) is 13.2 Å². The molecule has 2 aromatic heterocycles. The molecule has 1 fully saturated rings. The maximum absolute atomic E-state index is 12.7. The molecule has 8 heteroatoms. The number of rotatable bonds is 14. The highest BCUT2D eigenvalue weighted by Crippen LogP contribution is 2.66. The molecule has 7 rings (SSSR count). The maximum Gasteiger partial charge on any atom is 0.338 e. The van der Waals surface area contributed by atoms with Gasteiger partial charge in [0.2, 0.25) is 0 Å². The van der Waals surface area contributed by atoms with Crippen molar-refractivity contribution >= 4 is 50.9 Å². The second-order valence-corrected chi connectivity index (χ2v) is 25.2. The summed E-state index contributed by atoms with van der Waals surface area (Å²) in [5, 5.41) is 2.32. The molecule has 1 aliphatic rings. The molecule has 6 nitrogen and oxygen atoms in total. The van der Waals surface area contributed by atoms with E-state index in [1.165, 1.54) is 11.1 Å². The quantitative estimate of drug-likeness (QED) is 0.0804. The predicted molar refractivity (Wildman–Crippen MR) is 249 cm³/mol. The summed E-state index contributed by atoms with van der Waals surface area (Å²) in [6.07, 6.45) is 8.24. The molecular formula is C52H54N2O4Si2. The van der Waals surface area contributed by atoms with E-state index in [0.29, 0.717) is 24.3 Å². The summed E-state index contributed by atoms with van der Waals surface area (Å²) >= 11 is 0. The molecule has 0 amide bonds. The van der Waals surface area contributed by atoms with E-state index in [0.717, 1.165) is 32.9 Å². The van der Waals surface area contributed by atoms with E-state index < -0.39 is 16.1 Å². The van der Waals surface area contributed by atoms with E-state index in [1.807, 2.05) is 62.6 Å². The molecule has 0 aliphatic heterocycles. The Hall–Kier alpha value is -5.97. The topological polar surface area (TPSA) is 78.4 Å². The highest BCUT2D eigenvalue weighted by atomic mass is 28.3. The van der Waals surface area contributed by atoms with Crippen molar-refractivity contribution in [3.63, 3.8) is 0 Å². The molecule has 304 valence electrons. The Kier molecular flexibility index (Phi) is 13.0. The fraction of sp³-hybridized carbons (Fsp3) is 0.231. The molecule has 0 saturated heterocycles. The van der Waals surface area contributed by atoms with E-state index >= 15 is 0 Å². The third kappa shape index (κ3) is 9.41. The molecule has 4 atom stereocenters. The SMILES string of the molecule is CCOC(=O)c1ccc(C2C(c3ccc(/C=C/[Si](C)(C)c4ccccn4)cc3)C(c3ccc(/C=C/[Si](C)(C)c4ccccn4)cc3)C2c2ccc(C(=O)OCC)cc2)cc1. The van der Waals surface area contributed by atoms with E-state index in [1.54, 1.807) is 0 Å². The second-order valence-electron chi connectivity index (χ2n) is 16.7. The Labute approximate surface area is 357 Å². The van der Waals surface area contributed by atoms with Crippen molar-refractivity contribution in [1.82, 2.24) is 9.97 Å². The van der Waals surface area contributed by atoms with E-state index in [-0.39, 0.29) is 35.6 Å². The Morgan fingerprint density at radius 1 is 0.483 bits per heavy atom. The minimum absolute atomic E-state index is 0.0846. The number of carbonyl (C=O) groups excluding carboxylic acids is 2. The molecule has 1 saturated carbocycles. The molecule has 0 radical (unpaired) electrons. The highest BCUT2D eigenvalue weighted by molar-refractivity contribution is 6.94. The van der Waals surface area contributed by atoms with Gasteiger partial charge >= 0.3 is 11.9 Å². The van der Waals surface area contributed by atoms with Crippen molar-refractivity contribution in [1.29, 1.82) is 0 Å². The lowest BCUT2D eigenvalue weighted by molar-refractivity contribution is 0.0516. The third-order valence-corrected chi connectivity index (χ3v) is 17.1. The molecule has 60 heavy (non-hydrogen) atoms. The van der Waals surface area contributed by atoms with Gasteiger partial charge in [0.15, 0.2) is 0 Å². The van der Waals surface area contributed by atoms with Gasteiger partial charge in [-0.2, -0.15) is 0 Å². The van der Waals surface area contributed by atoms with Crippen LogP contribution in [0.2, 0.25) is 26.2 Å². The maximum atomic E-state index is 12.7. The number of esters is 2. The second kappa shape index (κ2) is 18.5. The molecule has 1 aliphatic carbocycles. The molecule has 4 aromatic carbocycles. The van der Waals surface area contributed by atoms with Crippen LogP contribution in [0.15, 0.2) is 157 Å². The molecule has 0 spiro atoms. The van der Waals surface area contributed by atoms with Gasteiger partial charge in [-0.05, 0) is 119 Å². The fourth-order valence-electron chi connectivity index (χ4n) is 8.44. The van der Waals surface area contributed by atoms with Crippen LogP contribution in [-0.4, -0.2) is 51.3 Å². The smallest absolute Gasteiger partial charge is 0.338 e. The van der Waals surface area contributed by atoms with Gasteiger partial charge in [0.05, 0.1) is 24.3 Å². The first-order chi connectivity index (χ1) is 29.0. The van der Waals surface area contributed by atoms with Crippen molar-refractivity contribution in [2.24, 2.45) is 0 Å². The number of carbonyl (C=O) groups is 2. The van der Waals surface area contributed by atoms with Crippen LogP contribution in [0.25, 0.3) is 12.2 Å². The normalized spacial score (nSPS) is 18.0. The summed E-state index contributed by atoms with van der Waals surface area (Å²) in [6.45, 7) is 13.6. The molecule has 0 N–H and O–H groups in total. The number of hydrogen-bond acceptors (Lipinski definition) is 6. The van der Waals surface area contributed by atoms with Gasteiger partial charge in [0, 0.05) is 23.0 Å². The average Bonchev–Trinajstić information content (AvgIpc) is 3.27. The van der Waals surface area contributed by atoms with Crippen LogP contribution < -0.4 is 10.6 Å². The number of hydrogen-bond donors (Lipinski definition) is 0. The fourth-order valence-corrected chi connectivity index (χ4v) is 11.9.